The summed E-state index contributed by atoms with van der Waals surface area (Å²) in [5.74, 6) is 1.72. The Morgan fingerprint density at radius 3 is 2.68 bits per heavy atom. The van der Waals surface area contributed by atoms with Crippen LogP contribution in [0.4, 0.5) is 0 Å². The number of nitrogens with one attached hydrogen (secondary N) is 2. The molecule has 5 atom stereocenters. The predicted molar refractivity (Wildman–Crippen MR) is 110 cm³/mol. The molecule has 4 aliphatic carbocycles. The Morgan fingerprint density at radius 2 is 1.93 bits per heavy atom. The summed E-state index contributed by atoms with van der Waals surface area (Å²) in [6, 6.07) is 11.1. The number of amides is 1. The maximum absolute atomic E-state index is 13.8. The van der Waals surface area contributed by atoms with Crippen molar-refractivity contribution in [2.75, 3.05) is 32.1 Å². The van der Waals surface area contributed by atoms with Crippen molar-refractivity contribution in [2.24, 2.45) is 22.2 Å². The van der Waals surface area contributed by atoms with Crippen molar-refractivity contribution in [3.8, 4) is 0 Å². The van der Waals surface area contributed by atoms with E-state index in [0.29, 0.717) is 11.8 Å². The van der Waals surface area contributed by atoms with Gasteiger partial charge in [-0.3, -0.25) is 10.2 Å². The van der Waals surface area contributed by atoms with Crippen LogP contribution in [0.5, 0.6) is 0 Å². The van der Waals surface area contributed by atoms with Gasteiger partial charge in [-0.25, -0.2) is 5.01 Å². The lowest BCUT2D eigenvalue weighted by atomic mass is 9.18. The normalized spacial score (nSPS) is 45.8. The number of carbonyl (C=O) groups excluding carboxylic acids is 1. The average Bonchev–Trinajstić information content (AvgIpc) is 3.17. The molecule has 1 amide bonds. The van der Waals surface area contributed by atoms with Crippen molar-refractivity contribution in [2.45, 2.75) is 43.9 Å². The second-order valence-corrected chi connectivity index (χ2v) is 10.5. The zero-order valence-electron chi connectivity index (χ0n) is 16.5. The highest BCUT2D eigenvalue weighted by Gasteiger charge is 2.93. The molecule has 1 heterocycles. The van der Waals surface area contributed by atoms with Crippen LogP contribution in [0.2, 0.25) is 0 Å². The molecule has 5 heteroatoms. The molecular weight excluding hydrogens is 370 g/mol. The zero-order chi connectivity index (χ0) is 19.0. The van der Waals surface area contributed by atoms with Crippen molar-refractivity contribution in [1.29, 1.82) is 0 Å². The molecule has 6 rings (SSSR count). The highest BCUT2D eigenvalue weighted by Crippen LogP contribution is 2.96. The smallest absolute Gasteiger partial charge is 0.241 e. The van der Waals surface area contributed by atoms with Crippen molar-refractivity contribution in [1.82, 2.24) is 15.8 Å². The van der Waals surface area contributed by atoms with Crippen LogP contribution in [0.25, 0.3) is 0 Å². The van der Waals surface area contributed by atoms with Crippen LogP contribution in [0.1, 0.15) is 44.1 Å². The number of nitrogens with zero attached hydrogens (tertiary/aromatic N) is 1. The Balaban J connectivity index is 1.39. The number of rotatable bonds is 5. The van der Waals surface area contributed by atoms with Gasteiger partial charge in [0.2, 0.25) is 5.91 Å². The molecule has 3 unspecified atom stereocenters. The van der Waals surface area contributed by atoms with Gasteiger partial charge in [0.25, 0.3) is 0 Å². The summed E-state index contributed by atoms with van der Waals surface area (Å²) in [6.45, 7) is 3.69. The Bertz CT molecular complexity index is 811. The van der Waals surface area contributed by atoms with E-state index in [-0.39, 0.29) is 21.7 Å². The first kappa shape index (κ1) is 17.7. The van der Waals surface area contributed by atoms with E-state index in [1.807, 2.05) is 0 Å². The van der Waals surface area contributed by atoms with E-state index < -0.39 is 0 Å². The van der Waals surface area contributed by atoms with Crippen LogP contribution in [-0.2, 0) is 10.2 Å². The standard InChI is InChI=1S/C23H30ClN3O/c24-7-6-20-12-17-13-21(19(28)26-27-10-8-25-9-11-27)16-22(15-20,23(20,21)14-17)18-4-2-1-3-5-18/h1-5,17,25H,6-16H2,(H,26,28)/t17?,20-,21?,22+,23?/m1/s1. The van der Waals surface area contributed by atoms with Crippen LogP contribution in [0.15, 0.2) is 30.3 Å². The first-order valence-electron chi connectivity index (χ1n) is 11.0. The predicted octanol–water partition coefficient (Wildman–Crippen LogP) is 3.07. The molecule has 5 aliphatic rings. The Morgan fingerprint density at radius 1 is 1.14 bits per heavy atom. The largest absolute Gasteiger partial charge is 0.314 e. The van der Waals surface area contributed by atoms with E-state index in [1.54, 1.807) is 0 Å². The monoisotopic (exact) mass is 399 g/mol. The number of hydrogen-bond donors (Lipinski definition) is 2. The number of hydrazine groups is 1. The molecule has 5 fully saturated rings. The second kappa shape index (κ2) is 5.74. The third-order valence-corrected chi connectivity index (χ3v) is 9.59. The Hall–Kier alpha value is -1.10. The maximum atomic E-state index is 13.8. The van der Waals surface area contributed by atoms with Crippen molar-refractivity contribution < 1.29 is 4.79 Å². The molecule has 2 N–H and O–H groups in total. The number of hydrogen-bond acceptors (Lipinski definition) is 3. The van der Waals surface area contributed by atoms with E-state index in [1.165, 1.54) is 24.8 Å². The number of piperazine rings is 1. The van der Waals surface area contributed by atoms with E-state index >= 15 is 0 Å². The average molecular weight is 400 g/mol. The summed E-state index contributed by atoms with van der Waals surface area (Å²) in [5, 5.41) is 5.51. The lowest BCUT2D eigenvalue weighted by Crippen LogP contribution is -2.84. The highest BCUT2D eigenvalue weighted by molar-refractivity contribution is 6.17. The quantitative estimate of drug-likeness (QED) is 0.748. The molecule has 1 aliphatic heterocycles. The van der Waals surface area contributed by atoms with Crippen LogP contribution >= 0.6 is 11.6 Å². The van der Waals surface area contributed by atoms with Gasteiger partial charge in [0.1, 0.15) is 0 Å². The molecule has 2 bridgehead atoms. The molecule has 1 aromatic carbocycles. The Kier molecular flexibility index (Phi) is 3.63. The summed E-state index contributed by atoms with van der Waals surface area (Å²) >= 11 is 6.32. The lowest BCUT2D eigenvalue weighted by Gasteiger charge is -2.84. The third-order valence-electron chi connectivity index (χ3n) is 9.41. The van der Waals surface area contributed by atoms with E-state index in [0.717, 1.165) is 51.3 Å². The molecule has 0 aromatic heterocycles. The first-order valence-corrected chi connectivity index (χ1v) is 11.5. The zero-order valence-corrected chi connectivity index (χ0v) is 17.2. The van der Waals surface area contributed by atoms with Gasteiger partial charge in [-0.2, -0.15) is 0 Å². The van der Waals surface area contributed by atoms with Crippen molar-refractivity contribution in [3.63, 3.8) is 0 Å². The molecule has 150 valence electrons. The number of benzene rings is 1. The van der Waals surface area contributed by atoms with Gasteiger partial charge in [0.15, 0.2) is 0 Å². The van der Waals surface area contributed by atoms with Gasteiger partial charge >= 0.3 is 0 Å². The van der Waals surface area contributed by atoms with Gasteiger partial charge in [0.05, 0.1) is 5.41 Å². The molecule has 4 nitrogen and oxygen atoms in total. The van der Waals surface area contributed by atoms with E-state index in [4.69, 9.17) is 11.6 Å². The fourth-order valence-corrected chi connectivity index (χ4v) is 9.36. The SMILES string of the molecule is O=C(NN1CCNCC1)C12CC3CC14[C@](CCCl)(C3)C[C@@]4(c1ccccc1)C2. The number of carbonyl (C=O) groups is 1. The van der Waals surface area contributed by atoms with Gasteiger partial charge in [-0.05, 0) is 55.4 Å². The number of halogens is 1. The summed E-state index contributed by atoms with van der Waals surface area (Å²) in [4.78, 5) is 13.8. The minimum atomic E-state index is -0.180. The van der Waals surface area contributed by atoms with Gasteiger partial charge in [0, 0.05) is 42.9 Å². The van der Waals surface area contributed by atoms with Crippen LogP contribution in [0.3, 0.4) is 0 Å². The Labute approximate surface area is 172 Å². The lowest BCUT2D eigenvalue weighted by molar-refractivity contribution is -0.310. The topological polar surface area (TPSA) is 44.4 Å². The van der Waals surface area contributed by atoms with Crippen molar-refractivity contribution >= 4 is 17.5 Å². The third kappa shape index (κ3) is 1.80. The number of alkyl halides is 1. The van der Waals surface area contributed by atoms with Crippen LogP contribution < -0.4 is 10.7 Å². The van der Waals surface area contributed by atoms with Crippen LogP contribution in [-0.4, -0.2) is 43.0 Å². The minimum absolute atomic E-state index is 0.131. The van der Waals surface area contributed by atoms with Crippen molar-refractivity contribution in [3.05, 3.63) is 35.9 Å². The molecule has 1 aromatic rings. The van der Waals surface area contributed by atoms with Gasteiger partial charge in [-0.1, -0.05) is 30.3 Å². The van der Waals surface area contributed by atoms with Gasteiger partial charge < -0.3 is 5.32 Å². The summed E-state index contributed by atoms with van der Waals surface area (Å²) < 4.78 is 0. The molecule has 1 saturated heterocycles. The minimum Gasteiger partial charge on any atom is -0.314 e. The van der Waals surface area contributed by atoms with E-state index in [9.17, 15) is 4.79 Å². The maximum Gasteiger partial charge on any atom is 0.241 e. The summed E-state index contributed by atoms with van der Waals surface area (Å²) in [7, 11) is 0. The summed E-state index contributed by atoms with van der Waals surface area (Å²) in [6.07, 6.45) is 6.94. The summed E-state index contributed by atoms with van der Waals surface area (Å²) in [5.41, 5.74) is 5.26. The molecular formula is C23H30ClN3O. The molecule has 28 heavy (non-hydrogen) atoms. The first-order chi connectivity index (χ1) is 13.6. The second-order valence-electron chi connectivity index (χ2n) is 10.2. The fourth-order valence-electron chi connectivity index (χ4n) is 9.00. The highest BCUT2D eigenvalue weighted by atomic mass is 35.5. The van der Waals surface area contributed by atoms with Crippen LogP contribution in [0, 0.1) is 22.2 Å². The molecule has 0 radical (unpaired) electrons. The molecule has 1 spiro atoms. The van der Waals surface area contributed by atoms with E-state index in [2.05, 4.69) is 46.1 Å². The fraction of sp³-hybridized carbons (Fsp3) is 0.696. The van der Waals surface area contributed by atoms with Gasteiger partial charge in [-0.15, -0.1) is 11.6 Å². The molecule has 4 saturated carbocycles. The number of fused-ring (bicyclic) bond motifs is 1.